The van der Waals surface area contributed by atoms with Crippen molar-refractivity contribution in [1.29, 1.82) is 0 Å². The van der Waals surface area contributed by atoms with Gasteiger partial charge in [-0.1, -0.05) is 0 Å². The van der Waals surface area contributed by atoms with Crippen LogP contribution in [-0.2, 0) is 14.3 Å². The lowest BCUT2D eigenvalue weighted by Crippen LogP contribution is -2.41. The molecule has 1 aliphatic rings. The molecule has 1 atom stereocenters. The molecule has 0 aromatic rings. The second kappa shape index (κ2) is 5.19. The maximum atomic E-state index is 11.1. The molecule has 1 aliphatic heterocycles. The first-order valence-electron chi connectivity index (χ1n) is 4.68. The number of nitrogens with zero attached hydrogens (tertiary/aromatic N) is 1. The number of carbonyl (C=O) groups excluding carboxylic acids is 1. The van der Waals surface area contributed by atoms with E-state index in [1.807, 2.05) is 14.0 Å². The first-order chi connectivity index (χ1) is 6.22. The van der Waals surface area contributed by atoms with E-state index in [4.69, 9.17) is 9.47 Å². The lowest BCUT2D eigenvalue weighted by atomic mass is 10.2. The Morgan fingerprint density at radius 3 is 3.08 bits per heavy atom. The van der Waals surface area contributed by atoms with Crippen LogP contribution in [0.3, 0.4) is 0 Å². The summed E-state index contributed by atoms with van der Waals surface area (Å²) in [6.45, 7) is 4.73. The fraction of sp³-hybridized carbons (Fsp3) is 0.889. The molecular weight excluding hydrogens is 170 g/mol. The smallest absolute Gasteiger partial charge is 0.308 e. The van der Waals surface area contributed by atoms with E-state index in [9.17, 15) is 4.79 Å². The van der Waals surface area contributed by atoms with E-state index in [0.717, 1.165) is 13.1 Å². The van der Waals surface area contributed by atoms with Gasteiger partial charge < -0.3 is 14.4 Å². The van der Waals surface area contributed by atoms with Gasteiger partial charge in [0.05, 0.1) is 25.7 Å². The van der Waals surface area contributed by atoms with Gasteiger partial charge in [0.15, 0.2) is 0 Å². The quantitative estimate of drug-likeness (QED) is 0.594. The molecule has 1 saturated heterocycles. The number of morpholine rings is 1. The van der Waals surface area contributed by atoms with Crippen molar-refractivity contribution >= 4 is 5.97 Å². The highest BCUT2D eigenvalue weighted by atomic mass is 16.5. The lowest BCUT2D eigenvalue weighted by Gasteiger charge is -2.29. The standard InChI is InChI=1S/C9H17NO3/c1-3-12-9(11)6-8-7-10(2)4-5-13-8/h8H,3-7H2,1-2H3. The van der Waals surface area contributed by atoms with Crippen LogP contribution in [0.1, 0.15) is 13.3 Å². The Labute approximate surface area is 78.8 Å². The molecule has 0 aliphatic carbocycles. The molecule has 0 spiro atoms. The highest BCUT2D eigenvalue weighted by Gasteiger charge is 2.20. The maximum Gasteiger partial charge on any atom is 0.308 e. The van der Waals surface area contributed by atoms with Gasteiger partial charge in [-0.15, -0.1) is 0 Å². The summed E-state index contributed by atoms with van der Waals surface area (Å²) in [5.74, 6) is -0.164. The molecule has 0 radical (unpaired) electrons. The third kappa shape index (κ3) is 3.74. The van der Waals surface area contributed by atoms with Crippen molar-refractivity contribution in [3.8, 4) is 0 Å². The molecule has 1 unspecified atom stereocenters. The molecule has 0 aromatic carbocycles. The number of carbonyl (C=O) groups is 1. The van der Waals surface area contributed by atoms with Gasteiger partial charge in [0.1, 0.15) is 0 Å². The van der Waals surface area contributed by atoms with Crippen molar-refractivity contribution in [2.45, 2.75) is 19.4 Å². The van der Waals surface area contributed by atoms with Crippen molar-refractivity contribution in [1.82, 2.24) is 4.90 Å². The maximum absolute atomic E-state index is 11.1. The van der Waals surface area contributed by atoms with Crippen molar-refractivity contribution in [2.75, 3.05) is 33.4 Å². The summed E-state index contributed by atoms with van der Waals surface area (Å²) >= 11 is 0. The first kappa shape index (κ1) is 10.5. The molecule has 0 saturated carbocycles. The second-order valence-electron chi connectivity index (χ2n) is 3.26. The molecule has 1 rings (SSSR count). The zero-order valence-corrected chi connectivity index (χ0v) is 8.28. The van der Waals surface area contributed by atoms with Crippen LogP contribution in [0.5, 0.6) is 0 Å². The van der Waals surface area contributed by atoms with Crippen LogP contribution >= 0.6 is 0 Å². The molecule has 0 amide bonds. The number of rotatable bonds is 3. The normalized spacial score (nSPS) is 24.3. The van der Waals surface area contributed by atoms with Crippen LogP contribution in [0.15, 0.2) is 0 Å². The highest BCUT2D eigenvalue weighted by molar-refractivity contribution is 5.69. The summed E-state index contributed by atoms with van der Waals surface area (Å²) < 4.78 is 10.3. The fourth-order valence-electron chi connectivity index (χ4n) is 1.40. The van der Waals surface area contributed by atoms with E-state index in [0.29, 0.717) is 19.6 Å². The van der Waals surface area contributed by atoms with E-state index in [1.54, 1.807) is 0 Å². The molecule has 4 nitrogen and oxygen atoms in total. The van der Waals surface area contributed by atoms with Gasteiger partial charge in [-0.2, -0.15) is 0 Å². The second-order valence-corrected chi connectivity index (χ2v) is 3.26. The summed E-state index contributed by atoms with van der Waals surface area (Å²) in [6.07, 6.45) is 0.385. The van der Waals surface area contributed by atoms with Gasteiger partial charge in [0.25, 0.3) is 0 Å². The van der Waals surface area contributed by atoms with Gasteiger partial charge in [-0.25, -0.2) is 0 Å². The minimum Gasteiger partial charge on any atom is -0.466 e. The molecule has 4 heteroatoms. The highest BCUT2D eigenvalue weighted by Crippen LogP contribution is 2.07. The summed E-state index contributed by atoms with van der Waals surface area (Å²) in [6, 6.07) is 0. The summed E-state index contributed by atoms with van der Waals surface area (Å²) in [4.78, 5) is 13.3. The number of ether oxygens (including phenoxy) is 2. The molecule has 0 N–H and O–H groups in total. The van der Waals surface area contributed by atoms with E-state index >= 15 is 0 Å². The van der Waals surface area contributed by atoms with Crippen LogP contribution < -0.4 is 0 Å². The van der Waals surface area contributed by atoms with Crippen LogP contribution in [0.25, 0.3) is 0 Å². The van der Waals surface area contributed by atoms with Crippen molar-refractivity contribution in [3.05, 3.63) is 0 Å². The Bertz CT molecular complexity index is 172. The van der Waals surface area contributed by atoms with Crippen LogP contribution in [0.4, 0.5) is 0 Å². The molecule has 0 aromatic heterocycles. The SMILES string of the molecule is CCOC(=O)CC1CN(C)CCO1. The summed E-state index contributed by atoms with van der Waals surface area (Å²) in [5.41, 5.74) is 0. The van der Waals surface area contributed by atoms with Crippen molar-refractivity contribution in [3.63, 3.8) is 0 Å². The van der Waals surface area contributed by atoms with Crippen LogP contribution in [0.2, 0.25) is 0 Å². The topological polar surface area (TPSA) is 38.8 Å². The Balaban J connectivity index is 2.23. The van der Waals surface area contributed by atoms with Gasteiger partial charge >= 0.3 is 5.97 Å². The number of likely N-dealkylation sites (N-methyl/N-ethyl adjacent to an activating group) is 1. The molecule has 1 fully saturated rings. The molecule has 76 valence electrons. The van der Waals surface area contributed by atoms with Gasteiger partial charge in [0, 0.05) is 13.1 Å². The van der Waals surface area contributed by atoms with Gasteiger partial charge in [0.2, 0.25) is 0 Å². The Kier molecular flexibility index (Phi) is 4.18. The zero-order valence-electron chi connectivity index (χ0n) is 8.28. The van der Waals surface area contributed by atoms with E-state index in [2.05, 4.69) is 4.90 Å². The fourth-order valence-corrected chi connectivity index (χ4v) is 1.40. The average Bonchev–Trinajstić information content (AvgIpc) is 2.04. The molecule has 0 bridgehead atoms. The predicted molar refractivity (Wildman–Crippen MR) is 48.5 cm³/mol. The van der Waals surface area contributed by atoms with Crippen molar-refractivity contribution in [2.24, 2.45) is 0 Å². The van der Waals surface area contributed by atoms with E-state index in [-0.39, 0.29) is 12.1 Å². The number of hydrogen-bond acceptors (Lipinski definition) is 4. The zero-order chi connectivity index (χ0) is 9.68. The monoisotopic (exact) mass is 187 g/mol. The molecular formula is C9H17NO3. The summed E-state index contributed by atoms with van der Waals surface area (Å²) in [5, 5.41) is 0. The lowest BCUT2D eigenvalue weighted by molar-refractivity contribution is -0.147. The Morgan fingerprint density at radius 1 is 1.69 bits per heavy atom. The first-order valence-corrected chi connectivity index (χ1v) is 4.68. The minimum atomic E-state index is -0.164. The third-order valence-electron chi connectivity index (χ3n) is 2.04. The average molecular weight is 187 g/mol. The van der Waals surface area contributed by atoms with Gasteiger partial charge in [-0.05, 0) is 14.0 Å². The van der Waals surface area contributed by atoms with Gasteiger partial charge in [-0.3, -0.25) is 4.79 Å². The van der Waals surface area contributed by atoms with E-state index < -0.39 is 0 Å². The number of esters is 1. The molecule has 1 heterocycles. The Hall–Kier alpha value is -0.610. The van der Waals surface area contributed by atoms with Crippen LogP contribution in [-0.4, -0.2) is 50.3 Å². The van der Waals surface area contributed by atoms with E-state index in [1.165, 1.54) is 0 Å². The third-order valence-corrected chi connectivity index (χ3v) is 2.04. The van der Waals surface area contributed by atoms with Crippen molar-refractivity contribution < 1.29 is 14.3 Å². The van der Waals surface area contributed by atoms with Crippen LogP contribution in [0, 0.1) is 0 Å². The summed E-state index contributed by atoms with van der Waals surface area (Å²) in [7, 11) is 2.03. The largest absolute Gasteiger partial charge is 0.466 e. The predicted octanol–water partition coefficient (Wildman–Crippen LogP) is 0.270. The minimum absolute atomic E-state index is 0.0119. The Morgan fingerprint density at radius 2 is 2.46 bits per heavy atom. The number of hydrogen-bond donors (Lipinski definition) is 0. The molecule has 13 heavy (non-hydrogen) atoms.